The average Bonchev–Trinajstić information content (AvgIpc) is 3.29. The van der Waals surface area contributed by atoms with Crippen LogP contribution in [0.3, 0.4) is 0 Å². The van der Waals surface area contributed by atoms with E-state index >= 15 is 0 Å². The minimum Gasteiger partial charge on any atom is -0.494 e. The number of nitrogens with one attached hydrogen (secondary N) is 1. The molecule has 1 fully saturated rings. The van der Waals surface area contributed by atoms with E-state index < -0.39 is 0 Å². The van der Waals surface area contributed by atoms with E-state index in [2.05, 4.69) is 34.5 Å². The molecule has 0 bridgehead atoms. The minimum absolute atomic E-state index is 0. The summed E-state index contributed by atoms with van der Waals surface area (Å²) in [6.45, 7) is 3.04. The van der Waals surface area contributed by atoms with Gasteiger partial charge in [-0.3, -0.25) is 4.79 Å². The van der Waals surface area contributed by atoms with Crippen molar-refractivity contribution < 1.29 is 9.53 Å². The molecule has 1 aromatic heterocycles. The second-order valence-electron chi connectivity index (χ2n) is 9.59. The SMILES string of the molecule is CCOc1ccc(-c2ccccc2)cc1CN(C(=O)c1sc2ccccc2c1Cl)C1CCC(NC)CC1.Cl. The van der Waals surface area contributed by atoms with Crippen molar-refractivity contribution in [1.82, 2.24) is 10.2 Å². The summed E-state index contributed by atoms with van der Waals surface area (Å²) in [6, 6.07) is 25.3. The minimum atomic E-state index is 0. The molecular weight excluding hydrogens is 535 g/mol. The molecular formula is C31H34Cl2N2O2S. The molecule has 0 unspecified atom stereocenters. The van der Waals surface area contributed by atoms with Gasteiger partial charge in [0.15, 0.2) is 0 Å². The lowest BCUT2D eigenvalue weighted by Crippen LogP contribution is -2.44. The fraction of sp³-hybridized carbons (Fsp3) is 0.323. The highest BCUT2D eigenvalue weighted by molar-refractivity contribution is 7.21. The van der Waals surface area contributed by atoms with Crippen molar-refractivity contribution in [2.24, 2.45) is 0 Å². The van der Waals surface area contributed by atoms with Gasteiger partial charge in [0.25, 0.3) is 5.91 Å². The predicted octanol–water partition coefficient (Wildman–Crippen LogP) is 8.22. The Kier molecular flexibility index (Phi) is 9.72. The highest BCUT2D eigenvalue weighted by Crippen LogP contribution is 2.38. The number of amides is 1. The summed E-state index contributed by atoms with van der Waals surface area (Å²) in [4.78, 5) is 16.9. The third-order valence-corrected chi connectivity index (χ3v) is 9.01. The number of hydrogen-bond acceptors (Lipinski definition) is 4. The second-order valence-corrected chi connectivity index (χ2v) is 11.0. The van der Waals surface area contributed by atoms with Gasteiger partial charge in [0, 0.05) is 34.3 Å². The number of thiophene rings is 1. The highest BCUT2D eigenvalue weighted by atomic mass is 35.5. The number of carbonyl (C=O) groups excluding carboxylic acids is 1. The van der Waals surface area contributed by atoms with Gasteiger partial charge >= 0.3 is 0 Å². The van der Waals surface area contributed by atoms with E-state index in [0.29, 0.717) is 29.1 Å². The number of rotatable bonds is 8. The normalized spacial score (nSPS) is 17.1. The molecule has 4 aromatic rings. The first-order valence-electron chi connectivity index (χ1n) is 13.1. The zero-order valence-corrected chi connectivity index (χ0v) is 24.2. The molecule has 1 aliphatic carbocycles. The monoisotopic (exact) mass is 568 g/mol. The molecule has 38 heavy (non-hydrogen) atoms. The molecule has 0 saturated heterocycles. The molecule has 1 aliphatic rings. The molecule has 1 saturated carbocycles. The maximum atomic E-state index is 14.2. The Morgan fingerprint density at radius 1 is 1.00 bits per heavy atom. The van der Waals surface area contributed by atoms with Crippen LogP contribution in [0.1, 0.15) is 47.8 Å². The van der Waals surface area contributed by atoms with Gasteiger partial charge in [0.05, 0.1) is 11.6 Å². The zero-order valence-electron chi connectivity index (χ0n) is 21.8. The van der Waals surface area contributed by atoms with E-state index in [-0.39, 0.29) is 24.4 Å². The summed E-state index contributed by atoms with van der Waals surface area (Å²) in [5.41, 5.74) is 3.28. The number of halogens is 2. The molecule has 200 valence electrons. The molecule has 1 amide bonds. The Balaban J connectivity index is 0.00000336. The summed E-state index contributed by atoms with van der Waals surface area (Å²) in [6.07, 6.45) is 4.02. The van der Waals surface area contributed by atoms with Gasteiger partial charge in [-0.25, -0.2) is 0 Å². The molecule has 1 heterocycles. The third-order valence-electron chi connectivity index (χ3n) is 7.34. The van der Waals surface area contributed by atoms with Crippen molar-refractivity contribution in [2.75, 3.05) is 13.7 Å². The molecule has 1 N–H and O–H groups in total. The fourth-order valence-corrected chi connectivity index (χ4v) is 6.79. The van der Waals surface area contributed by atoms with E-state index in [1.165, 1.54) is 11.3 Å². The molecule has 0 radical (unpaired) electrons. The van der Waals surface area contributed by atoms with Crippen LogP contribution in [0.2, 0.25) is 5.02 Å². The lowest BCUT2D eigenvalue weighted by molar-refractivity contribution is 0.0604. The van der Waals surface area contributed by atoms with Crippen LogP contribution in [0.25, 0.3) is 21.2 Å². The highest BCUT2D eigenvalue weighted by Gasteiger charge is 2.32. The summed E-state index contributed by atoms with van der Waals surface area (Å²) in [5.74, 6) is 0.831. The van der Waals surface area contributed by atoms with Crippen LogP contribution in [0.15, 0.2) is 72.8 Å². The third kappa shape index (κ3) is 6.02. The quantitative estimate of drug-likeness (QED) is 0.233. The molecule has 7 heteroatoms. The van der Waals surface area contributed by atoms with E-state index in [9.17, 15) is 4.79 Å². The van der Waals surface area contributed by atoms with Crippen LogP contribution < -0.4 is 10.1 Å². The molecule has 0 aliphatic heterocycles. The van der Waals surface area contributed by atoms with Gasteiger partial charge in [-0.05, 0) is 69.0 Å². The maximum Gasteiger partial charge on any atom is 0.266 e. The Hall–Kier alpha value is -2.57. The summed E-state index contributed by atoms with van der Waals surface area (Å²) >= 11 is 8.29. The number of carbonyl (C=O) groups is 1. The van der Waals surface area contributed by atoms with Crippen molar-refractivity contribution in [2.45, 2.75) is 51.2 Å². The van der Waals surface area contributed by atoms with E-state index in [4.69, 9.17) is 16.3 Å². The molecule has 3 aromatic carbocycles. The second kappa shape index (κ2) is 13.0. The lowest BCUT2D eigenvalue weighted by Gasteiger charge is -2.37. The Bertz CT molecular complexity index is 1370. The van der Waals surface area contributed by atoms with Gasteiger partial charge in [0.1, 0.15) is 10.6 Å². The first-order valence-corrected chi connectivity index (χ1v) is 14.2. The predicted molar refractivity (Wildman–Crippen MR) is 162 cm³/mol. The van der Waals surface area contributed by atoms with E-state index in [1.54, 1.807) is 0 Å². The Morgan fingerprint density at radius 2 is 1.71 bits per heavy atom. The first kappa shape index (κ1) is 28.4. The van der Waals surface area contributed by atoms with Gasteiger partial charge < -0.3 is 15.0 Å². The molecule has 0 spiro atoms. The molecule has 5 rings (SSSR count). The topological polar surface area (TPSA) is 41.6 Å². The first-order chi connectivity index (χ1) is 18.1. The van der Waals surface area contributed by atoms with Crippen LogP contribution in [0.4, 0.5) is 0 Å². The number of benzene rings is 3. The van der Waals surface area contributed by atoms with Gasteiger partial charge in [-0.2, -0.15) is 0 Å². The summed E-state index contributed by atoms with van der Waals surface area (Å²) in [5, 5.41) is 4.91. The Labute approximate surface area is 240 Å². The molecule has 4 nitrogen and oxygen atoms in total. The summed E-state index contributed by atoms with van der Waals surface area (Å²) < 4.78 is 7.07. The zero-order chi connectivity index (χ0) is 25.8. The molecule has 0 atom stereocenters. The van der Waals surface area contributed by atoms with E-state index in [0.717, 1.165) is 58.2 Å². The number of fused-ring (bicyclic) bond motifs is 1. The van der Waals surface area contributed by atoms with Crippen LogP contribution in [0.5, 0.6) is 5.75 Å². The van der Waals surface area contributed by atoms with Crippen LogP contribution in [-0.2, 0) is 6.54 Å². The average molecular weight is 570 g/mol. The van der Waals surface area contributed by atoms with Crippen LogP contribution in [-0.4, -0.2) is 36.5 Å². The Morgan fingerprint density at radius 3 is 2.39 bits per heavy atom. The van der Waals surface area contributed by atoms with Crippen molar-refractivity contribution >= 4 is 51.3 Å². The number of hydrogen-bond donors (Lipinski definition) is 1. The number of nitrogens with zero attached hydrogens (tertiary/aromatic N) is 1. The van der Waals surface area contributed by atoms with Crippen molar-refractivity contribution in [1.29, 1.82) is 0 Å². The van der Waals surface area contributed by atoms with Gasteiger partial charge in [0.2, 0.25) is 0 Å². The summed E-state index contributed by atoms with van der Waals surface area (Å²) in [7, 11) is 2.02. The van der Waals surface area contributed by atoms with Crippen LogP contribution >= 0.6 is 35.3 Å². The van der Waals surface area contributed by atoms with Gasteiger partial charge in [-0.1, -0.05) is 66.2 Å². The van der Waals surface area contributed by atoms with Crippen molar-refractivity contribution in [3.05, 3.63) is 88.3 Å². The largest absolute Gasteiger partial charge is 0.494 e. The number of ether oxygens (including phenoxy) is 1. The lowest BCUT2D eigenvalue weighted by atomic mass is 9.89. The van der Waals surface area contributed by atoms with Crippen molar-refractivity contribution in [3.63, 3.8) is 0 Å². The van der Waals surface area contributed by atoms with Crippen molar-refractivity contribution in [3.8, 4) is 16.9 Å². The standard InChI is InChI=1S/C31H33ClN2O2S.ClH/c1-3-36-27-18-13-22(21-9-5-4-6-10-21)19-23(27)20-34(25-16-14-24(33-2)15-17-25)31(35)30-29(32)26-11-7-8-12-28(26)37-30;/h4-13,18-19,24-25,33H,3,14-17,20H2,1-2H3;1H. The van der Waals surface area contributed by atoms with Gasteiger partial charge in [-0.15, -0.1) is 23.7 Å². The smallest absolute Gasteiger partial charge is 0.266 e. The maximum absolute atomic E-state index is 14.2. The fourth-order valence-electron chi connectivity index (χ4n) is 5.32. The van der Waals surface area contributed by atoms with Crippen LogP contribution in [0, 0.1) is 0 Å². The van der Waals surface area contributed by atoms with E-state index in [1.807, 2.05) is 62.5 Å².